The Morgan fingerprint density at radius 2 is 2.20 bits per heavy atom. The standard InChI is InChI=1S/C17H14ClFN6O4S/c18-12-1-2-13(15-14(12)10(3-20)4-21-15)23-30(28,29)11-5-22-25(6-11)9-17(19)7-24(8-17)16(26)27/h1-2,4-6,21,23H,7-9H2,(H,26,27). The molecule has 1 aromatic carbocycles. The number of H-pyrrole nitrogens is 1. The molecular formula is C17H14ClFN6O4S. The molecule has 30 heavy (non-hydrogen) atoms. The number of fused-ring (bicyclic) bond motifs is 1. The minimum Gasteiger partial charge on any atom is -0.465 e. The smallest absolute Gasteiger partial charge is 0.407 e. The zero-order chi connectivity index (χ0) is 21.7. The summed E-state index contributed by atoms with van der Waals surface area (Å²) in [6.45, 7) is -0.891. The number of hydrogen-bond acceptors (Lipinski definition) is 5. The molecular weight excluding hydrogens is 439 g/mol. The lowest BCUT2D eigenvalue weighted by atomic mass is 9.97. The molecule has 0 saturated carbocycles. The van der Waals surface area contributed by atoms with Gasteiger partial charge in [0.15, 0.2) is 5.67 Å². The van der Waals surface area contributed by atoms with E-state index in [9.17, 15) is 22.9 Å². The number of carbonyl (C=O) groups is 1. The van der Waals surface area contributed by atoms with Crippen LogP contribution in [0, 0.1) is 11.3 Å². The van der Waals surface area contributed by atoms with Crippen molar-refractivity contribution < 1.29 is 22.7 Å². The maximum atomic E-state index is 14.5. The predicted molar refractivity (Wildman–Crippen MR) is 104 cm³/mol. The fourth-order valence-electron chi connectivity index (χ4n) is 3.32. The van der Waals surface area contributed by atoms with Gasteiger partial charge in [-0.05, 0) is 12.1 Å². The topological polar surface area (TPSA) is 144 Å². The molecule has 0 aliphatic carbocycles. The molecule has 4 rings (SSSR count). The Morgan fingerprint density at radius 3 is 2.87 bits per heavy atom. The largest absolute Gasteiger partial charge is 0.465 e. The average molecular weight is 453 g/mol. The number of benzene rings is 1. The highest BCUT2D eigenvalue weighted by Crippen LogP contribution is 2.33. The van der Waals surface area contributed by atoms with Gasteiger partial charge in [-0.15, -0.1) is 0 Å². The molecule has 0 bridgehead atoms. The van der Waals surface area contributed by atoms with Crippen LogP contribution in [0.25, 0.3) is 10.9 Å². The number of carboxylic acid groups (broad SMARTS) is 1. The van der Waals surface area contributed by atoms with Crippen molar-refractivity contribution in [3.05, 3.63) is 41.3 Å². The second-order valence-electron chi connectivity index (χ2n) is 6.93. The van der Waals surface area contributed by atoms with E-state index in [2.05, 4.69) is 14.8 Å². The lowest BCUT2D eigenvalue weighted by molar-refractivity contribution is -0.0332. The first-order valence-electron chi connectivity index (χ1n) is 8.54. The Kier molecular flexibility index (Phi) is 4.59. The van der Waals surface area contributed by atoms with E-state index in [4.69, 9.17) is 16.7 Å². The van der Waals surface area contributed by atoms with Crippen LogP contribution >= 0.6 is 11.6 Å². The molecule has 1 aliphatic heterocycles. The van der Waals surface area contributed by atoms with Gasteiger partial charge in [-0.1, -0.05) is 11.6 Å². The first-order chi connectivity index (χ1) is 14.1. The van der Waals surface area contributed by atoms with Crippen molar-refractivity contribution in [3.8, 4) is 6.07 Å². The van der Waals surface area contributed by atoms with E-state index in [-0.39, 0.29) is 35.8 Å². The fourth-order valence-corrected chi connectivity index (χ4v) is 4.60. The van der Waals surface area contributed by atoms with Gasteiger partial charge in [-0.3, -0.25) is 9.40 Å². The SMILES string of the molecule is N#Cc1c[nH]c2c(NS(=O)(=O)c3cnn(CC4(F)CN(C(=O)O)C4)c3)ccc(Cl)c12. The van der Waals surface area contributed by atoms with Crippen LogP contribution in [0.3, 0.4) is 0 Å². The molecule has 3 N–H and O–H groups in total. The number of hydrogen-bond donors (Lipinski definition) is 3. The maximum absolute atomic E-state index is 14.5. The first-order valence-corrected chi connectivity index (χ1v) is 10.4. The molecule has 1 fully saturated rings. The summed E-state index contributed by atoms with van der Waals surface area (Å²) in [7, 11) is -4.07. The van der Waals surface area contributed by atoms with E-state index in [1.807, 2.05) is 6.07 Å². The molecule has 0 radical (unpaired) electrons. The van der Waals surface area contributed by atoms with Crippen LogP contribution in [0.1, 0.15) is 5.56 Å². The van der Waals surface area contributed by atoms with Crippen molar-refractivity contribution >= 4 is 44.3 Å². The van der Waals surface area contributed by atoms with Crippen molar-refractivity contribution in [1.82, 2.24) is 19.7 Å². The first kappa shape index (κ1) is 20.0. The molecule has 0 atom stereocenters. The Bertz CT molecular complexity index is 1310. The van der Waals surface area contributed by atoms with Crippen LogP contribution in [-0.2, 0) is 16.6 Å². The van der Waals surface area contributed by atoms with Gasteiger partial charge >= 0.3 is 6.09 Å². The Morgan fingerprint density at radius 1 is 1.47 bits per heavy atom. The van der Waals surface area contributed by atoms with Crippen LogP contribution in [0.4, 0.5) is 14.9 Å². The molecule has 10 nitrogen and oxygen atoms in total. The summed E-state index contributed by atoms with van der Waals surface area (Å²) < 4.78 is 43.6. The predicted octanol–water partition coefficient (Wildman–Crippen LogP) is 2.39. The summed E-state index contributed by atoms with van der Waals surface area (Å²) in [6, 6.07) is 4.90. The van der Waals surface area contributed by atoms with E-state index < -0.39 is 21.8 Å². The second-order valence-corrected chi connectivity index (χ2v) is 9.02. The zero-order valence-electron chi connectivity index (χ0n) is 15.1. The van der Waals surface area contributed by atoms with Crippen molar-refractivity contribution in [2.24, 2.45) is 0 Å². The van der Waals surface area contributed by atoms with Crippen LogP contribution in [-0.4, -0.2) is 58.0 Å². The zero-order valence-corrected chi connectivity index (χ0v) is 16.7. The number of alkyl halides is 1. The van der Waals surface area contributed by atoms with Crippen molar-refractivity contribution in [1.29, 1.82) is 5.26 Å². The average Bonchev–Trinajstić information content (AvgIpc) is 3.29. The Balaban J connectivity index is 1.55. The normalized spacial score (nSPS) is 15.6. The third-order valence-electron chi connectivity index (χ3n) is 4.73. The number of halogens is 2. The van der Waals surface area contributed by atoms with Gasteiger partial charge in [0.05, 0.1) is 47.6 Å². The summed E-state index contributed by atoms with van der Waals surface area (Å²) in [5.41, 5.74) is -1.00. The van der Waals surface area contributed by atoms with Crippen LogP contribution in [0.2, 0.25) is 5.02 Å². The number of aromatic amines is 1. The molecule has 3 heterocycles. The number of sulfonamides is 1. The molecule has 156 valence electrons. The van der Waals surface area contributed by atoms with E-state index in [0.717, 1.165) is 22.0 Å². The van der Waals surface area contributed by atoms with Gasteiger partial charge in [0, 0.05) is 17.8 Å². The van der Waals surface area contributed by atoms with Crippen LogP contribution in [0.5, 0.6) is 0 Å². The Hall–Kier alpha value is -3.30. The van der Waals surface area contributed by atoms with E-state index in [1.165, 1.54) is 18.3 Å². The third kappa shape index (κ3) is 3.42. The number of nitrogens with one attached hydrogen (secondary N) is 2. The number of rotatable bonds is 5. The fraction of sp³-hybridized carbons (Fsp3) is 0.235. The van der Waals surface area contributed by atoms with Crippen molar-refractivity contribution in [3.63, 3.8) is 0 Å². The Labute approximate surface area is 174 Å². The number of anilines is 1. The summed E-state index contributed by atoms with van der Waals surface area (Å²) in [6.07, 6.45) is 2.44. The number of aromatic nitrogens is 3. The van der Waals surface area contributed by atoms with Gasteiger partial charge in [-0.25, -0.2) is 17.6 Å². The molecule has 1 saturated heterocycles. The van der Waals surface area contributed by atoms with E-state index in [0.29, 0.717) is 15.9 Å². The number of nitriles is 1. The molecule has 1 aliphatic rings. The quantitative estimate of drug-likeness (QED) is 0.542. The molecule has 2 aromatic heterocycles. The van der Waals surface area contributed by atoms with Gasteiger partial charge < -0.3 is 15.0 Å². The molecule has 1 amide bonds. The highest BCUT2D eigenvalue weighted by atomic mass is 35.5. The van der Waals surface area contributed by atoms with Crippen LogP contribution < -0.4 is 4.72 Å². The second kappa shape index (κ2) is 6.89. The lowest BCUT2D eigenvalue weighted by Crippen LogP contribution is -2.62. The van der Waals surface area contributed by atoms with Gasteiger partial charge in [0.1, 0.15) is 11.0 Å². The monoisotopic (exact) mass is 452 g/mol. The number of likely N-dealkylation sites (tertiary alicyclic amines) is 1. The summed E-state index contributed by atoms with van der Waals surface area (Å²) >= 11 is 6.12. The van der Waals surface area contributed by atoms with Gasteiger partial charge in [-0.2, -0.15) is 10.4 Å². The minimum atomic E-state index is -4.07. The summed E-state index contributed by atoms with van der Waals surface area (Å²) in [4.78, 5) is 14.3. The maximum Gasteiger partial charge on any atom is 0.407 e. The van der Waals surface area contributed by atoms with Gasteiger partial charge in [0.25, 0.3) is 10.0 Å². The minimum absolute atomic E-state index is 0.182. The van der Waals surface area contributed by atoms with Crippen LogP contribution in [0.15, 0.2) is 35.6 Å². The highest BCUT2D eigenvalue weighted by molar-refractivity contribution is 7.92. The van der Waals surface area contributed by atoms with Crippen molar-refractivity contribution in [2.45, 2.75) is 17.1 Å². The number of nitrogens with zero attached hydrogens (tertiary/aromatic N) is 4. The molecule has 13 heteroatoms. The number of amides is 1. The van der Waals surface area contributed by atoms with E-state index in [1.54, 1.807) is 0 Å². The van der Waals surface area contributed by atoms with Gasteiger partial charge in [0.2, 0.25) is 0 Å². The molecule has 0 spiro atoms. The summed E-state index contributed by atoms with van der Waals surface area (Å²) in [5, 5.41) is 22.5. The summed E-state index contributed by atoms with van der Waals surface area (Å²) in [5.74, 6) is 0. The molecule has 3 aromatic rings. The molecule has 0 unspecified atom stereocenters. The van der Waals surface area contributed by atoms with E-state index >= 15 is 0 Å². The van der Waals surface area contributed by atoms with Crippen molar-refractivity contribution in [2.75, 3.05) is 17.8 Å². The third-order valence-corrected chi connectivity index (χ3v) is 6.37. The lowest BCUT2D eigenvalue weighted by Gasteiger charge is -2.42. The highest BCUT2D eigenvalue weighted by Gasteiger charge is 2.46.